The third-order valence-electron chi connectivity index (χ3n) is 3.87. The van der Waals surface area contributed by atoms with Gasteiger partial charge in [0, 0.05) is 12.1 Å². The molecule has 1 atom stereocenters. The minimum Gasteiger partial charge on any atom is -0.481 e. The first-order chi connectivity index (χ1) is 13.3. The second-order valence-electron chi connectivity index (χ2n) is 5.95. The summed E-state index contributed by atoms with van der Waals surface area (Å²) in [5, 5.41) is 24.1. The Kier molecular flexibility index (Phi) is 7.66. The number of amides is 1. The second-order valence-corrected chi connectivity index (χ2v) is 6.76. The average molecular weight is 425 g/mol. The molecule has 1 amide bonds. The molecule has 0 radical (unpaired) electrons. The highest BCUT2D eigenvalue weighted by Gasteiger charge is 2.21. The van der Waals surface area contributed by atoms with Crippen LogP contribution in [0.2, 0.25) is 10.0 Å². The fraction of sp³-hybridized carbons (Fsp3) is 0.211. The number of aliphatic carboxylic acids is 2. The van der Waals surface area contributed by atoms with Gasteiger partial charge in [-0.2, -0.15) is 0 Å². The lowest BCUT2D eigenvalue weighted by Gasteiger charge is -2.16. The molecular formula is C19H18Cl2N2O5. The van der Waals surface area contributed by atoms with Crippen molar-refractivity contribution in [2.24, 2.45) is 0 Å². The molecule has 2 aromatic rings. The molecule has 9 heteroatoms. The van der Waals surface area contributed by atoms with E-state index in [1.807, 2.05) is 0 Å². The molecule has 28 heavy (non-hydrogen) atoms. The maximum absolute atomic E-state index is 12.3. The molecule has 0 fully saturated rings. The summed E-state index contributed by atoms with van der Waals surface area (Å²) in [5.74, 6) is -2.96. The number of hydrogen-bond donors (Lipinski definition) is 4. The smallest absolute Gasteiger partial charge is 0.326 e. The van der Waals surface area contributed by atoms with Crippen LogP contribution in [0.3, 0.4) is 0 Å². The summed E-state index contributed by atoms with van der Waals surface area (Å²) >= 11 is 12.3. The minimum atomic E-state index is -1.29. The number of anilines is 2. The zero-order chi connectivity index (χ0) is 20.7. The second kappa shape index (κ2) is 9.96. The highest BCUT2D eigenvalue weighted by Crippen LogP contribution is 2.33. The third kappa shape index (κ3) is 6.14. The molecule has 2 aromatic carbocycles. The van der Waals surface area contributed by atoms with Crippen molar-refractivity contribution in [3.8, 4) is 0 Å². The number of hydrogen-bond acceptors (Lipinski definition) is 4. The Balaban J connectivity index is 2.13. The SMILES string of the molecule is O=C(O)CC[C@H](NC(=O)Cc1ccccc1Nc1c(Cl)cccc1Cl)C(=O)O. The van der Waals surface area contributed by atoms with E-state index in [1.54, 1.807) is 42.5 Å². The fourth-order valence-corrected chi connectivity index (χ4v) is 2.98. The van der Waals surface area contributed by atoms with Gasteiger partial charge in [-0.05, 0) is 30.2 Å². The molecule has 0 aliphatic heterocycles. The Morgan fingerprint density at radius 1 is 0.964 bits per heavy atom. The molecule has 0 saturated heterocycles. The van der Waals surface area contributed by atoms with Crippen molar-refractivity contribution in [3.63, 3.8) is 0 Å². The normalized spacial score (nSPS) is 11.5. The van der Waals surface area contributed by atoms with E-state index in [9.17, 15) is 14.4 Å². The number of para-hydroxylation sites is 2. The molecule has 0 heterocycles. The first-order valence-electron chi connectivity index (χ1n) is 8.31. The van der Waals surface area contributed by atoms with E-state index >= 15 is 0 Å². The van der Waals surface area contributed by atoms with Gasteiger partial charge in [0.15, 0.2) is 0 Å². The summed E-state index contributed by atoms with van der Waals surface area (Å²) in [6.45, 7) is 0. The van der Waals surface area contributed by atoms with Crippen LogP contribution in [0.5, 0.6) is 0 Å². The number of carboxylic acid groups (broad SMARTS) is 2. The van der Waals surface area contributed by atoms with E-state index in [4.69, 9.17) is 33.4 Å². The van der Waals surface area contributed by atoms with Crippen molar-refractivity contribution >= 4 is 52.4 Å². The number of rotatable bonds is 9. The van der Waals surface area contributed by atoms with E-state index in [0.717, 1.165) is 0 Å². The van der Waals surface area contributed by atoms with E-state index in [-0.39, 0.29) is 19.3 Å². The number of carbonyl (C=O) groups is 3. The quantitative estimate of drug-likeness (QED) is 0.487. The highest BCUT2D eigenvalue weighted by atomic mass is 35.5. The van der Waals surface area contributed by atoms with Gasteiger partial charge in [0.1, 0.15) is 6.04 Å². The molecule has 0 aromatic heterocycles. The molecule has 0 aliphatic carbocycles. The van der Waals surface area contributed by atoms with Gasteiger partial charge in [-0.3, -0.25) is 9.59 Å². The van der Waals surface area contributed by atoms with Crippen LogP contribution in [-0.4, -0.2) is 34.1 Å². The number of nitrogens with one attached hydrogen (secondary N) is 2. The van der Waals surface area contributed by atoms with Crippen LogP contribution >= 0.6 is 23.2 Å². The predicted octanol–water partition coefficient (Wildman–Crippen LogP) is 3.71. The Labute approximate surface area is 171 Å². The first kappa shape index (κ1) is 21.5. The number of carboxylic acids is 2. The van der Waals surface area contributed by atoms with Gasteiger partial charge in [-0.25, -0.2) is 4.79 Å². The van der Waals surface area contributed by atoms with Crippen LogP contribution in [0.15, 0.2) is 42.5 Å². The summed E-state index contributed by atoms with van der Waals surface area (Å²) in [7, 11) is 0. The van der Waals surface area contributed by atoms with E-state index in [0.29, 0.717) is 27.0 Å². The standard InChI is InChI=1S/C19H18Cl2N2O5/c20-12-5-3-6-13(21)18(12)23-14-7-2-1-4-11(14)10-16(24)22-15(19(27)28)8-9-17(25)26/h1-7,15,23H,8-10H2,(H,22,24)(H,25,26)(H,27,28)/t15-/m0/s1. The molecule has 0 spiro atoms. The fourth-order valence-electron chi connectivity index (χ4n) is 2.49. The highest BCUT2D eigenvalue weighted by molar-refractivity contribution is 6.39. The van der Waals surface area contributed by atoms with E-state index in [1.165, 1.54) is 0 Å². The molecule has 2 rings (SSSR count). The molecule has 0 unspecified atom stereocenters. The van der Waals surface area contributed by atoms with Crippen molar-refractivity contribution < 1.29 is 24.6 Å². The lowest BCUT2D eigenvalue weighted by molar-refractivity contribution is -0.143. The third-order valence-corrected chi connectivity index (χ3v) is 4.50. The van der Waals surface area contributed by atoms with E-state index in [2.05, 4.69) is 10.6 Å². The minimum absolute atomic E-state index is 0.109. The van der Waals surface area contributed by atoms with Crippen LogP contribution in [-0.2, 0) is 20.8 Å². The monoisotopic (exact) mass is 424 g/mol. The zero-order valence-electron chi connectivity index (χ0n) is 14.6. The van der Waals surface area contributed by atoms with Crippen LogP contribution in [0.1, 0.15) is 18.4 Å². The van der Waals surface area contributed by atoms with Crippen LogP contribution < -0.4 is 10.6 Å². The van der Waals surface area contributed by atoms with Gasteiger partial charge in [-0.15, -0.1) is 0 Å². The summed E-state index contributed by atoms with van der Waals surface area (Å²) < 4.78 is 0. The van der Waals surface area contributed by atoms with Crippen molar-refractivity contribution in [1.82, 2.24) is 5.32 Å². The first-order valence-corrected chi connectivity index (χ1v) is 9.06. The summed E-state index contributed by atoms with van der Waals surface area (Å²) in [6.07, 6.45) is -0.673. The summed E-state index contributed by atoms with van der Waals surface area (Å²) in [5.41, 5.74) is 1.67. The molecule has 0 bridgehead atoms. The Hall–Kier alpha value is -2.77. The van der Waals surface area contributed by atoms with Gasteiger partial charge in [0.25, 0.3) is 0 Å². The topological polar surface area (TPSA) is 116 Å². The molecule has 148 valence electrons. The van der Waals surface area contributed by atoms with Gasteiger partial charge >= 0.3 is 11.9 Å². The average Bonchev–Trinajstić information content (AvgIpc) is 2.62. The van der Waals surface area contributed by atoms with Crippen LogP contribution in [0.25, 0.3) is 0 Å². The Bertz CT molecular complexity index is 868. The lowest BCUT2D eigenvalue weighted by atomic mass is 10.1. The maximum Gasteiger partial charge on any atom is 0.326 e. The van der Waals surface area contributed by atoms with Gasteiger partial charge in [0.05, 0.1) is 22.2 Å². The summed E-state index contributed by atoms with van der Waals surface area (Å²) in [4.78, 5) is 34.2. The van der Waals surface area contributed by atoms with E-state index < -0.39 is 23.9 Å². The molecule has 0 aliphatic rings. The van der Waals surface area contributed by atoms with Crippen molar-refractivity contribution in [1.29, 1.82) is 0 Å². The molecular weight excluding hydrogens is 407 g/mol. The molecule has 7 nitrogen and oxygen atoms in total. The Morgan fingerprint density at radius 3 is 2.21 bits per heavy atom. The molecule has 4 N–H and O–H groups in total. The van der Waals surface area contributed by atoms with Gasteiger partial charge in [-0.1, -0.05) is 47.5 Å². The number of halogens is 2. The lowest BCUT2D eigenvalue weighted by Crippen LogP contribution is -2.41. The zero-order valence-corrected chi connectivity index (χ0v) is 16.1. The number of carbonyl (C=O) groups excluding carboxylic acids is 1. The van der Waals surface area contributed by atoms with Crippen LogP contribution in [0, 0.1) is 0 Å². The van der Waals surface area contributed by atoms with Gasteiger partial charge in [0.2, 0.25) is 5.91 Å². The predicted molar refractivity (Wildman–Crippen MR) is 106 cm³/mol. The van der Waals surface area contributed by atoms with Crippen molar-refractivity contribution in [2.45, 2.75) is 25.3 Å². The van der Waals surface area contributed by atoms with Crippen molar-refractivity contribution in [3.05, 3.63) is 58.1 Å². The maximum atomic E-state index is 12.3. The van der Waals surface area contributed by atoms with Gasteiger partial charge < -0.3 is 20.8 Å². The summed E-state index contributed by atoms with van der Waals surface area (Å²) in [6, 6.07) is 10.7. The largest absolute Gasteiger partial charge is 0.481 e. The Morgan fingerprint density at radius 2 is 1.61 bits per heavy atom. The molecule has 0 saturated carbocycles. The van der Waals surface area contributed by atoms with Crippen molar-refractivity contribution in [2.75, 3.05) is 5.32 Å². The van der Waals surface area contributed by atoms with Crippen LogP contribution in [0.4, 0.5) is 11.4 Å². The number of benzene rings is 2.